The van der Waals surface area contributed by atoms with Crippen molar-refractivity contribution in [2.75, 3.05) is 26.1 Å². The van der Waals surface area contributed by atoms with Gasteiger partial charge in [0.2, 0.25) is 5.95 Å². The smallest absolute Gasteiger partial charge is 0.251 e. The Kier molecular flexibility index (Phi) is 6.91. The van der Waals surface area contributed by atoms with E-state index in [4.69, 9.17) is 9.84 Å². The fourth-order valence-electron chi connectivity index (χ4n) is 2.87. The fourth-order valence-corrected chi connectivity index (χ4v) is 2.87. The lowest BCUT2D eigenvalue weighted by Crippen LogP contribution is -2.18. The van der Waals surface area contributed by atoms with Gasteiger partial charge in [-0.05, 0) is 36.1 Å². The summed E-state index contributed by atoms with van der Waals surface area (Å²) in [6.07, 6.45) is 7.52. The first kappa shape index (κ1) is 21.2. The molecule has 10 heteroatoms. The first-order valence-corrected chi connectivity index (χ1v) is 9.33. The van der Waals surface area contributed by atoms with Gasteiger partial charge in [-0.1, -0.05) is 0 Å². The molecule has 0 saturated heterocycles. The summed E-state index contributed by atoms with van der Waals surface area (Å²) in [5.74, 6) is -0.361. The highest BCUT2D eigenvalue weighted by Gasteiger charge is 2.15. The van der Waals surface area contributed by atoms with Gasteiger partial charge < -0.3 is 20.5 Å². The Labute approximate surface area is 172 Å². The Bertz CT molecular complexity index is 1010. The van der Waals surface area contributed by atoms with Crippen LogP contribution in [0.2, 0.25) is 0 Å². The standard InChI is InChI=1S/C20H23FN6O3/c1-22-19(29)15-7-14(18(21)17(8-15)30-2)4-3-13-9-23-20(24-10-13)26-16-11-25-27(12-16)5-6-28/h7-12,28H,3-6H2,1-2H3,(H,22,29)(H,23,24,26). The van der Waals surface area contributed by atoms with Crippen molar-refractivity contribution in [2.45, 2.75) is 19.4 Å². The number of anilines is 2. The van der Waals surface area contributed by atoms with E-state index in [9.17, 15) is 9.18 Å². The molecule has 0 spiro atoms. The number of ether oxygens (including phenoxy) is 1. The monoisotopic (exact) mass is 414 g/mol. The van der Waals surface area contributed by atoms with E-state index in [0.717, 1.165) is 5.56 Å². The van der Waals surface area contributed by atoms with Gasteiger partial charge in [-0.2, -0.15) is 5.10 Å². The average molecular weight is 414 g/mol. The number of hydrogen-bond acceptors (Lipinski definition) is 7. The number of amides is 1. The second-order valence-corrected chi connectivity index (χ2v) is 6.49. The minimum atomic E-state index is -0.482. The molecule has 3 rings (SSSR count). The van der Waals surface area contributed by atoms with Crippen LogP contribution < -0.4 is 15.4 Å². The largest absolute Gasteiger partial charge is 0.494 e. The van der Waals surface area contributed by atoms with E-state index in [0.29, 0.717) is 42.1 Å². The number of benzene rings is 1. The molecule has 0 saturated carbocycles. The van der Waals surface area contributed by atoms with Crippen molar-refractivity contribution in [2.24, 2.45) is 0 Å². The van der Waals surface area contributed by atoms with Gasteiger partial charge in [0.05, 0.1) is 32.1 Å². The molecular weight excluding hydrogens is 391 g/mol. The van der Waals surface area contributed by atoms with Crippen molar-refractivity contribution >= 4 is 17.5 Å². The minimum absolute atomic E-state index is 0.00477. The van der Waals surface area contributed by atoms with Crippen LogP contribution in [0, 0.1) is 5.82 Å². The van der Waals surface area contributed by atoms with Gasteiger partial charge in [0.15, 0.2) is 11.6 Å². The third-order valence-electron chi connectivity index (χ3n) is 4.43. The normalized spacial score (nSPS) is 10.7. The summed E-state index contributed by atoms with van der Waals surface area (Å²) in [5.41, 5.74) is 2.24. The molecule has 0 aliphatic heterocycles. The molecule has 0 bridgehead atoms. The zero-order chi connectivity index (χ0) is 21.5. The number of nitrogens with zero attached hydrogens (tertiary/aromatic N) is 4. The first-order chi connectivity index (χ1) is 14.5. The number of carbonyl (C=O) groups excluding carboxylic acids is 1. The number of aromatic nitrogens is 4. The van der Waals surface area contributed by atoms with Crippen LogP contribution >= 0.6 is 0 Å². The fraction of sp³-hybridized carbons (Fsp3) is 0.300. The number of aliphatic hydroxyl groups excluding tert-OH is 1. The molecule has 1 aromatic carbocycles. The van der Waals surface area contributed by atoms with E-state index in [1.54, 1.807) is 29.5 Å². The average Bonchev–Trinajstić information content (AvgIpc) is 3.20. The van der Waals surface area contributed by atoms with Crippen LogP contribution in [0.25, 0.3) is 0 Å². The Morgan fingerprint density at radius 3 is 2.67 bits per heavy atom. The van der Waals surface area contributed by atoms with Gasteiger partial charge in [0.25, 0.3) is 5.91 Å². The molecular formula is C20H23FN6O3. The summed E-state index contributed by atoms with van der Waals surface area (Å²) >= 11 is 0. The Morgan fingerprint density at radius 2 is 2.00 bits per heavy atom. The molecule has 0 fully saturated rings. The predicted octanol–water partition coefficient (Wildman–Crippen LogP) is 1.70. The molecule has 0 unspecified atom stereocenters. The molecule has 0 aliphatic rings. The van der Waals surface area contributed by atoms with Crippen molar-refractivity contribution in [3.05, 3.63) is 59.4 Å². The number of halogens is 1. The lowest BCUT2D eigenvalue weighted by Gasteiger charge is -2.11. The second-order valence-electron chi connectivity index (χ2n) is 6.49. The van der Waals surface area contributed by atoms with E-state index < -0.39 is 5.82 Å². The quantitative estimate of drug-likeness (QED) is 0.488. The number of methoxy groups -OCH3 is 1. The number of nitrogens with one attached hydrogen (secondary N) is 2. The van der Waals surface area contributed by atoms with Gasteiger partial charge in [0, 0.05) is 31.2 Å². The Balaban J connectivity index is 1.66. The summed E-state index contributed by atoms with van der Waals surface area (Å²) in [5, 5.41) is 18.6. The number of hydrogen-bond donors (Lipinski definition) is 3. The van der Waals surface area contributed by atoms with Crippen LogP contribution in [-0.4, -0.2) is 51.5 Å². The van der Waals surface area contributed by atoms with Gasteiger partial charge in [-0.25, -0.2) is 14.4 Å². The summed E-state index contributed by atoms with van der Waals surface area (Å²) in [7, 11) is 2.88. The van der Waals surface area contributed by atoms with Gasteiger partial charge in [-0.15, -0.1) is 0 Å². The van der Waals surface area contributed by atoms with Crippen LogP contribution in [0.15, 0.2) is 36.9 Å². The van der Waals surface area contributed by atoms with Crippen LogP contribution in [0.4, 0.5) is 16.0 Å². The highest BCUT2D eigenvalue weighted by molar-refractivity contribution is 5.94. The lowest BCUT2D eigenvalue weighted by molar-refractivity contribution is 0.0962. The molecule has 0 atom stereocenters. The molecule has 158 valence electrons. The molecule has 30 heavy (non-hydrogen) atoms. The van der Waals surface area contributed by atoms with Crippen LogP contribution in [0.3, 0.4) is 0 Å². The van der Waals surface area contributed by atoms with E-state index in [-0.39, 0.29) is 18.3 Å². The van der Waals surface area contributed by atoms with Crippen molar-refractivity contribution in [3.8, 4) is 5.75 Å². The van der Waals surface area contributed by atoms with Gasteiger partial charge in [0.1, 0.15) is 0 Å². The van der Waals surface area contributed by atoms with Gasteiger partial charge in [-0.3, -0.25) is 9.48 Å². The number of rotatable bonds is 9. The van der Waals surface area contributed by atoms with E-state index in [1.165, 1.54) is 26.3 Å². The lowest BCUT2D eigenvalue weighted by atomic mass is 10.0. The Hall–Kier alpha value is -3.53. The molecule has 2 aromatic heterocycles. The first-order valence-electron chi connectivity index (χ1n) is 9.33. The summed E-state index contributed by atoms with van der Waals surface area (Å²) < 4.78 is 21.2. The zero-order valence-electron chi connectivity index (χ0n) is 16.7. The number of aryl methyl sites for hydroxylation is 2. The van der Waals surface area contributed by atoms with Crippen molar-refractivity contribution in [1.82, 2.24) is 25.1 Å². The SMILES string of the molecule is CNC(=O)c1cc(CCc2cnc(Nc3cnn(CCO)c3)nc2)c(F)c(OC)c1. The number of aliphatic hydroxyl groups is 1. The van der Waals surface area contributed by atoms with Crippen molar-refractivity contribution in [1.29, 1.82) is 0 Å². The van der Waals surface area contributed by atoms with E-state index >= 15 is 0 Å². The molecule has 1 amide bonds. The maximum absolute atomic E-state index is 14.6. The van der Waals surface area contributed by atoms with Crippen LogP contribution in [0.5, 0.6) is 5.75 Å². The summed E-state index contributed by atoms with van der Waals surface area (Å²) in [6, 6.07) is 2.90. The van der Waals surface area contributed by atoms with Gasteiger partial charge >= 0.3 is 0 Å². The van der Waals surface area contributed by atoms with E-state index in [1.807, 2.05) is 0 Å². The van der Waals surface area contributed by atoms with Crippen molar-refractivity contribution < 1.29 is 19.0 Å². The number of carbonyl (C=O) groups is 1. The molecule has 0 aliphatic carbocycles. The highest BCUT2D eigenvalue weighted by atomic mass is 19.1. The molecule has 3 N–H and O–H groups in total. The Morgan fingerprint density at radius 1 is 1.23 bits per heavy atom. The third-order valence-corrected chi connectivity index (χ3v) is 4.43. The maximum Gasteiger partial charge on any atom is 0.251 e. The summed E-state index contributed by atoms with van der Waals surface area (Å²) in [6.45, 7) is 0.411. The summed E-state index contributed by atoms with van der Waals surface area (Å²) in [4.78, 5) is 20.4. The minimum Gasteiger partial charge on any atom is -0.494 e. The molecule has 9 nitrogen and oxygen atoms in total. The van der Waals surface area contributed by atoms with E-state index in [2.05, 4.69) is 25.7 Å². The molecule has 3 aromatic rings. The van der Waals surface area contributed by atoms with Crippen LogP contribution in [-0.2, 0) is 19.4 Å². The molecule has 2 heterocycles. The third kappa shape index (κ3) is 5.09. The highest BCUT2D eigenvalue weighted by Crippen LogP contribution is 2.24. The zero-order valence-corrected chi connectivity index (χ0v) is 16.7. The predicted molar refractivity (Wildman–Crippen MR) is 108 cm³/mol. The maximum atomic E-state index is 14.6. The van der Waals surface area contributed by atoms with Crippen molar-refractivity contribution in [3.63, 3.8) is 0 Å². The molecule has 0 radical (unpaired) electrons. The second kappa shape index (κ2) is 9.79. The van der Waals surface area contributed by atoms with Crippen LogP contribution in [0.1, 0.15) is 21.5 Å². The topological polar surface area (TPSA) is 114 Å².